The molecule has 0 aliphatic carbocycles. The van der Waals surface area contributed by atoms with Gasteiger partial charge in [0.2, 0.25) is 0 Å². The molecule has 0 saturated carbocycles. The van der Waals surface area contributed by atoms with E-state index in [1.165, 1.54) is 0 Å². The monoisotopic (exact) mass is 844 g/mol. The third-order valence-electron chi connectivity index (χ3n) is 4.76. The summed E-state index contributed by atoms with van der Waals surface area (Å²) in [5.41, 5.74) is 0. The summed E-state index contributed by atoms with van der Waals surface area (Å²) >= 11 is 0. The van der Waals surface area contributed by atoms with E-state index in [1.54, 1.807) is 0 Å². The van der Waals surface area contributed by atoms with Crippen LogP contribution >= 0.6 is 15.6 Å². The summed E-state index contributed by atoms with van der Waals surface area (Å²) in [4.78, 5) is 14.3. The van der Waals surface area contributed by atoms with Gasteiger partial charge >= 0.3 is 15.6 Å². The van der Waals surface area contributed by atoms with Crippen LogP contribution in [0.15, 0.2) is 0 Å². The average molecular weight is 845 g/mol. The van der Waals surface area contributed by atoms with Crippen LogP contribution in [0.5, 0.6) is 0 Å². The molecule has 0 aromatic rings. The Morgan fingerprint density at radius 1 is 0.458 bits per heavy atom. The maximum atomic E-state index is 14.3. The van der Waals surface area contributed by atoms with Gasteiger partial charge in [0.15, 0.2) is 64.0 Å². The first-order valence-electron chi connectivity index (χ1n) is 16.6. The molecule has 0 fully saturated rings. The van der Waals surface area contributed by atoms with Crippen molar-refractivity contribution < 1.29 is 53.1 Å². The van der Waals surface area contributed by atoms with Crippen LogP contribution in [0, 0.1) is 0 Å². The van der Waals surface area contributed by atoms with Crippen molar-refractivity contribution in [3.63, 3.8) is 0 Å². The largest absolute Gasteiger partial charge is 0.455 e. The molecule has 0 radical (unpaired) electrons. The molecule has 0 N–H and O–H groups in total. The molecule has 0 rings (SSSR count). The summed E-state index contributed by atoms with van der Waals surface area (Å²) in [5.74, 6) is -0.497. The fourth-order valence-electron chi connectivity index (χ4n) is 3.96. The Bertz CT molecular complexity index is 1090. The molecular formula is C27H70O12P2Si7. The Morgan fingerprint density at radius 2 is 0.771 bits per heavy atom. The van der Waals surface area contributed by atoms with Crippen LogP contribution in [0.3, 0.4) is 0 Å². The molecule has 0 amide bonds. The van der Waals surface area contributed by atoms with E-state index in [4.69, 9.17) is 39.2 Å². The molecule has 0 heterocycles. The molecule has 12 nitrogen and oxygen atoms in total. The molecule has 0 unspecified atom stereocenters. The topological polar surface area (TPSA) is 134 Å². The standard InChI is InChI=1S/C27H70O12P2Si7/c1-42(2,3)33-25(23-32-41(30,38-47(16,17)18)39-48(19,20)21)27(35-44(7,8)9)26(34-43(4,5)6)24(28)22-31-40(29,36-45(10,11)12)37-46(13,14)15/h25-27H,22-23H2,1-21H3/t25-,26-,27-/m1/s1. The van der Waals surface area contributed by atoms with Gasteiger partial charge in [-0.2, -0.15) is 0 Å². The van der Waals surface area contributed by atoms with E-state index in [0.717, 1.165) is 0 Å². The maximum absolute atomic E-state index is 14.3. The number of hydrogen-bond acceptors (Lipinski definition) is 12. The maximum Gasteiger partial charge on any atom is 0.455 e. The van der Waals surface area contributed by atoms with Crippen molar-refractivity contribution in [1.82, 2.24) is 0 Å². The molecule has 0 aliphatic rings. The molecule has 0 aromatic heterocycles. The molecular weight excluding hydrogens is 775 g/mol. The van der Waals surface area contributed by atoms with Gasteiger partial charge in [0, 0.05) is 0 Å². The van der Waals surface area contributed by atoms with Gasteiger partial charge in [-0.25, -0.2) is 9.13 Å². The molecule has 3 atom stereocenters. The zero-order chi connectivity index (χ0) is 38.6. The van der Waals surface area contributed by atoms with E-state index in [1.807, 2.05) is 137 Å². The Morgan fingerprint density at radius 3 is 1.06 bits per heavy atom. The lowest BCUT2D eigenvalue weighted by molar-refractivity contribution is -0.138. The zero-order valence-electron chi connectivity index (χ0n) is 33.9. The summed E-state index contributed by atoms with van der Waals surface area (Å²) < 4.78 is 84.0. The highest BCUT2D eigenvalue weighted by Gasteiger charge is 2.47. The molecule has 0 bridgehead atoms. The van der Waals surface area contributed by atoms with E-state index < -0.39 is 105 Å². The fraction of sp³-hybridized carbons (Fsp3) is 0.963. The van der Waals surface area contributed by atoms with Gasteiger partial charge in [-0.05, 0) is 137 Å². The predicted molar refractivity (Wildman–Crippen MR) is 215 cm³/mol. The third-order valence-corrected chi connectivity index (χ3v) is 21.0. The molecule has 0 saturated heterocycles. The minimum atomic E-state index is -4.10. The number of carbonyl (C=O) groups is 1. The number of Topliss-reactive ketones (excluding diaryl/α,β-unsaturated/α-hetero) is 1. The normalized spacial score (nSPS) is 16.9. The second-order valence-electron chi connectivity index (χ2n) is 18.9. The molecule has 48 heavy (non-hydrogen) atoms. The Hall–Kier alpha value is 1.29. The molecule has 21 heteroatoms. The van der Waals surface area contributed by atoms with Crippen molar-refractivity contribution in [2.75, 3.05) is 13.2 Å². The minimum absolute atomic E-state index is 0.235. The molecule has 0 aliphatic heterocycles. The SMILES string of the molecule is C[Si](C)(C)O[C@@H]([C@H](O[Si](C)(C)C)C(=O)COP(=O)(O[Si](C)(C)C)O[Si](C)(C)C)[C@@H](COP(=O)(O[Si](C)(C)C)O[Si](C)(C)C)O[Si](C)(C)C. The van der Waals surface area contributed by atoms with Gasteiger partial charge in [0.05, 0.1) is 12.7 Å². The number of rotatable bonds is 23. The van der Waals surface area contributed by atoms with Gasteiger partial charge in [0.1, 0.15) is 18.8 Å². The zero-order valence-corrected chi connectivity index (χ0v) is 42.7. The highest BCUT2D eigenvalue weighted by atomic mass is 31.2. The van der Waals surface area contributed by atoms with Gasteiger partial charge in [0.25, 0.3) is 0 Å². The lowest BCUT2D eigenvalue weighted by atomic mass is 10.1. The number of phosphoric acid groups is 2. The third kappa shape index (κ3) is 24.5. The van der Waals surface area contributed by atoms with Crippen LogP contribution < -0.4 is 0 Å². The van der Waals surface area contributed by atoms with E-state index in [-0.39, 0.29) is 6.61 Å². The predicted octanol–water partition coefficient (Wildman–Crippen LogP) is 9.87. The number of hydrogen-bond donors (Lipinski definition) is 0. The van der Waals surface area contributed by atoms with Crippen LogP contribution in [-0.4, -0.2) is 95.5 Å². The first kappa shape index (κ1) is 49.3. The van der Waals surface area contributed by atoms with E-state index >= 15 is 0 Å². The summed E-state index contributed by atoms with van der Waals surface area (Å²) in [6.45, 7) is 39.9. The van der Waals surface area contributed by atoms with Crippen molar-refractivity contribution in [2.24, 2.45) is 0 Å². The fourth-order valence-corrected chi connectivity index (χ4v) is 20.4. The molecule has 0 aromatic carbocycles. The van der Waals surface area contributed by atoms with Crippen LogP contribution in [-0.2, 0) is 53.1 Å². The lowest BCUT2D eigenvalue weighted by Crippen LogP contribution is -2.57. The highest BCUT2D eigenvalue weighted by Crippen LogP contribution is 2.55. The Labute approximate surface area is 300 Å². The summed E-state index contributed by atoms with van der Waals surface area (Å²) in [7, 11) is -24.9. The summed E-state index contributed by atoms with van der Waals surface area (Å²) in [6, 6.07) is 0. The van der Waals surface area contributed by atoms with Gasteiger partial charge in [-0.3, -0.25) is 13.8 Å². The Balaban J connectivity index is 7.06. The van der Waals surface area contributed by atoms with Crippen LogP contribution in [0.25, 0.3) is 0 Å². The average Bonchev–Trinajstić information content (AvgIpc) is 2.70. The first-order chi connectivity index (χ1) is 20.7. The van der Waals surface area contributed by atoms with E-state index in [0.29, 0.717) is 0 Å². The lowest BCUT2D eigenvalue weighted by Gasteiger charge is -2.41. The smallest absolute Gasteiger partial charge is 0.410 e. The van der Waals surface area contributed by atoms with Crippen molar-refractivity contribution in [2.45, 2.75) is 156 Å². The van der Waals surface area contributed by atoms with Crippen LogP contribution in [0.4, 0.5) is 0 Å². The Kier molecular flexibility index (Phi) is 18.1. The van der Waals surface area contributed by atoms with Crippen molar-refractivity contribution in [3.05, 3.63) is 0 Å². The second-order valence-corrected chi connectivity index (χ2v) is 54.4. The van der Waals surface area contributed by atoms with Gasteiger partial charge < -0.3 is 30.1 Å². The number of carbonyl (C=O) groups excluding carboxylic acids is 1. The summed E-state index contributed by atoms with van der Waals surface area (Å²) in [6.07, 6.45) is -3.05. The highest BCUT2D eigenvalue weighted by molar-refractivity contribution is 7.52. The van der Waals surface area contributed by atoms with Crippen molar-refractivity contribution in [3.8, 4) is 0 Å². The summed E-state index contributed by atoms with van der Waals surface area (Å²) in [5, 5.41) is 0. The number of ketones is 1. The van der Waals surface area contributed by atoms with Crippen LogP contribution in [0.1, 0.15) is 0 Å². The van der Waals surface area contributed by atoms with E-state index in [2.05, 4.69) is 0 Å². The van der Waals surface area contributed by atoms with E-state index in [9.17, 15) is 13.9 Å². The van der Waals surface area contributed by atoms with Crippen LogP contribution in [0.2, 0.25) is 137 Å². The quantitative estimate of drug-likeness (QED) is 0.0716. The van der Waals surface area contributed by atoms with Gasteiger partial charge in [-0.1, -0.05) is 0 Å². The first-order valence-corrected chi connectivity index (χ1v) is 43.4. The van der Waals surface area contributed by atoms with Gasteiger partial charge in [-0.15, -0.1) is 0 Å². The van der Waals surface area contributed by atoms with Crippen molar-refractivity contribution in [1.29, 1.82) is 0 Å². The molecule has 288 valence electrons. The minimum Gasteiger partial charge on any atom is -0.410 e. The van der Waals surface area contributed by atoms with Crippen molar-refractivity contribution >= 4 is 79.7 Å². The molecule has 0 spiro atoms. The second kappa shape index (κ2) is 17.6.